The number of ether oxygens (including phenoxy) is 8. The van der Waals surface area contributed by atoms with Crippen molar-refractivity contribution in [2.24, 2.45) is 5.92 Å². The van der Waals surface area contributed by atoms with E-state index in [1.165, 1.54) is 116 Å². The van der Waals surface area contributed by atoms with E-state index in [1.54, 1.807) is 0 Å². The van der Waals surface area contributed by atoms with Gasteiger partial charge in [0.25, 0.3) is 5.79 Å². The molecule has 4 aliphatic heterocycles. The second-order valence-corrected chi connectivity index (χ2v) is 28.2. The lowest BCUT2D eigenvalue weighted by molar-refractivity contribution is -0.403. The normalized spacial score (nSPS) is 31.6. The van der Waals surface area contributed by atoms with Crippen LogP contribution in [0, 0.1) is 5.92 Å². The number of Topliss-reactive ketones (excluding diaryl/α,β-unsaturated/α-hetero) is 1. The van der Waals surface area contributed by atoms with E-state index in [1.807, 2.05) is 0 Å². The molecule has 0 aliphatic carbocycles. The summed E-state index contributed by atoms with van der Waals surface area (Å²) in [6.07, 6.45) is 0.518. The van der Waals surface area contributed by atoms with Crippen LogP contribution in [-0.4, -0.2) is 262 Å². The van der Waals surface area contributed by atoms with Crippen LogP contribution in [0.5, 0.6) is 0 Å². The molecule has 2 amide bonds. The Balaban J connectivity index is 1.49. The van der Waals surface area contributed by atoms with Crippen molar-refractivity contribution < 1.29 is 129 Å². The Kier molecular flexibility index (Phi) is 44.4. The van der Waals surface area contributed by atoms with Crippen LogP contribution in [0.1, 0.15) is 246 Å². The molecule has 0 aromatic heterocycles. The van der Waals surface area contributed by atoms with E-state index < -0.39 is 204 Å². The number of carboxylic acid groups (broad SMARTS) is 1. The molecule has 4 aliphatic rings. The summed E-state index contributed by atoms with van der Waals surface area (Å²) >= 11 is 0. The second-order valence-electron chi connectivity index (χ2n) is 28.2. The molecule has 4 saturated heterocycles. The van der Waals surface area contributed by atoms with Crippen molar-refractivity contribution in [2.45, 2.75) is 380 Å². The third-order valence-corrected chi connectivity index (χ3v) is 19.8. The van der Waals surface area contributed by atoms with E-state index in [2.05, 4.69) is 36.6 Å². The number of rotatable bonds is 54. The van der Waals surface area contributed by atoms with Crippen molar-refractivity contribution >= 4 is 23.6 Å². The fraction of sp³-hybridized carbons (Fsp3) is 0.917. The first-order chi connectivity index (χ1) is 48.0. The van der Waals surface area contributed by atoms with Crippen LogP contribution in [0.4, 0.5) is 0 Å². The third kappa shape index (κ3) is 30.1. The topological polar surface area (TPSA) is 449 Å². The number of carbonyl (C=O) groups excluding carboxylic acids is 3. The number of nitrogens with one attached hydrogen (secondary N) is 2. The van der Waals surface area contributed by atoms with E-state index in [9.17, 15) is 90.7 Å². The molecular formula is C72H130N2O26. The Morgan fingerprint density at radius 3 is 1.52 bits per heavy atom. The van der Waals surface area contributed by atoms with Gasteiger partial charge in [-0.25, -0.2) is 4.79 Å². The molecule has 0 bridgehead atoms. The van der Waals surface area contributed by atoms with Crippen molar-refractivity contribution in [1.82, 2.24) is 10.6 Å². The SMILES string of the molecule is CCCCCCCCC=CCCCCCCCCCCCC(=O)NC(COC1OC(CO)C(OC2OC(CO)C(OC3OC(CO)C(O)C(O)C3CC(C)=O)C(OC3(C(=O)O)CC(O)C(NC(C)=O)C(C(O)C(O)CO)O3)C2O)C(O)C1O)C(O)CCCCCCCCCCCCCCC. The van der Waals surface area contributed by atoms with Crippen molar-refractivity contribution in [2.75, 3.05) is 33.0 Å². The summed E-state index contributed by atoms with van der Waals surface area (Å²) in [5.74, 6) is -8.51. The van der Waals surface area contributed by atoms with E-state index in [-0.39, 0.29) is 12.3 Å². The zero-order chi connectivity index (χ0) is 73.6. The number of allylic oxidation sites excluding steroid dienone is 2. The minimum absolute atomic E-state index is 0.183. The molecule has 0 saturated carbocycles. The zero-order valence-corrected chi connectivity index (χ0v) is 60.1. The van der Waals surface area contributed by atoms with Gasteiger partial charge in [-0.05, 0) is 45.4 Å². The lowest BCUT2D eigenvalue weighted by atomic mass is 9.87. The fourth-order valence-corrected chi connectivity index (χ4v) is 13.8. The molecule has 23 atom stereocenters. The maximum absolute atomic E-state index is 13.6. The van der Waals surface area contributed by atoms with Crippen molar-refractivity contribution in [3.63, 3.8) is 0 Å². The minimum atomic E-state index is -3.26. The van der Waals surface area contributed by atoms with Crippen LogP contribution >= 0.6 is 0 Å². The highest BCUT2D eigenvalue weighted by atomic mass is 16.8. The molecule has 0 radical (unpaired) electrons. The number of carbonyl (C=O) groups is 4. The number of carboxylic acids is 1. The summed E-state index contributed by atoms with van der Waals surface area (Å²) in [5.41, 5.74) is 0. The van der Waals surface area contributed by atoms with Gasteiger partial charge < -0.3 is 125 Å². The third-order valence-electron chi connectivity index (χ3n) is 19.8. The van der Waals surface area contributed by atoms with E-state index in [0.717, 1.165) is 78.1 Å². The zero-order valence-electron chi connectivity index (χ0n) is 60.1. The van der Waals surface area contributed by atoms with Crippen LogP contribution in [0.25, 0.3) is 0 Å². The van der Waals surface area contributed by atoms with Gasteiger partial charge in [0.15, 0.2) is 18.9 Å². The fourth-order valence-electron chi connectivity index (χ4n) is 13.8. The molecule has 23 unspecified atom stereocenters. The summed E-state index contributed by atoms with van der Waals surface area (Å²) < 4.78 is 48.2. The molecule has 4 heterocycles. The molecule has 4 fully saturated rings. The lowest BCUT2D eigenvalue weighted by Gasteiger charge is -2.52. The van der Waals surface area contributed by atoms with Gasteiger partial charge >= 0.3 is 5.97 Å². The highest BCUT2D eigenvalue weighted by Gasteiger charge is 2.61. The summed E-state index contributed by atoms with van der Waals surface area (Å²) in [6.45, 7) is 2.00. The van der Waals surface area contributed by atoms with Gasteiger partial charge in [0.05, 0.1) is 63.4 Å². The molecule has 28 heteroatoms. The van der Waals surface area contributed by atoms with E-state index >= 15 is 0 Å². The maximum Gasteiger partial charge on any atom is 0.364 e. The number of aliphatic hydroxyl groups is 13. The Labute approximate surface area is 592 Å². The predicted molar refractivity (Wildman–Crippen MR) is 365 cm³/mol. The Bertz CT molecular complexity index is 2240. The number of hydrogen-bond donors (Lipinski definition) is 16. The van der Waals surface area contributed by atoms with E-state index in [0.29, 0.717) is 19.3 Å². The van der Waals surface area contributed by atoms with Gasteiger partial charge in [0.2, 0.25) is 11.8 Å². The van der Waals surface area contributed by atoms with Gasteiger partial charge in [-0.2, -0.15) is 0 Å². The molecule has 0 spiro atoms. The van der Waals surface area contributed by atoms with Crippen molar-refractivity contribution in [1.29, 1.82) is 0 Å². The smallest absolute Gasteiger partial charge is 0.364 e. The van der Waals surface area contributed by atoms with Crippen LogP contribution in [0.15, 0.2) is 12.2 Å². The highest BCUT2D eigenvalue weighted by molar-refractivity contribution is 5.77. The van der Waals surface area contributed by atoms with Crippen LogP contribution in [0.2, 0.25) is 0 Å². The molecule has 28 nitrogen and oxygen atoms in total. The molecule has 100 heavy (non-hydrogen) atoms. The molecule has 584 valence electrons. The maximum atomic E-state index is 13.6. The minimum Gasteiger partial charge on any atom is -0.477 e. The highest BCUT2D eigenvalue weighted by Crippen LogP contribution is 2.41. The van der Waals surface area contributed by atoms with Gasteiger partial charge in [-0.3, -0.25) is 9.59 Å². The Morgan fingerprint density at radius 2 is 1.02 bits per heavy atom. The van der Waals surface area contributed by atoms with Crippen molar-refractivity contribution in [3.8, 4) is 0 Å². The quantitative estimate of drug-likeness (QED) is 0.0304. The molecule has 0 aromatic rings. The lowest BCUT2D eigenvalue weighted by Crippen LogP contribution is -2.71. The Hall–Kier alpha value is -3.02. The van der Waals surface area contributed by atoms with E-state index in [4.69, 9.17) is 37.9 Å². The van der Waals surface area contributed by atoms with Gasteiger partial charge in [0, 0.05) is 32.1 Å². The summed E-state index contributed by atoms with van der Waals surface area (Å²) in [4.78, 5) is 52.1. The standard InChI is InChI=1S/C72H130N2O26/c1-5-7-9-11-13-15-17-19-20-21-22-23-24-26-28-30-32-34-36-38-56(84)74-49(50(81)37-35-33-31-29-27-25-18-16-14-12-10-8-6-2)45-93-69-62(89)61(88)64(54(43-77)95-69)97-70-63(90)67(65(55(44-78)96-70)98-68-48(39-46(3)79)58(85)60(87)53(42-76)94-68)100-72(71(91)92)40-51(82)57(73-47(4)80)66(99-72)59(86)52(83)41-75/h19-20,48-55,57-70,75-78,81-83,85-90H,5-18,21-45H2,1-4H3,(H,73,80)(H,74,84)(H,91,92). The predicted octanol–water partition coefficient (Wildman–Crippen LogP) is 3.78. The molecule has 16 N–H and O–H groups in total. The van der Waals surface area contributed by atoms with Crippen LogP contribution in [0.3, 0.4) is 0 Å². The molecule has 4 rings (SSSR count). The number of aliphatic carboxylic acids is 1. The summed E-state index contributed by atoms with van der Waals surface area (Å²) in [6, 6.07) is -2.70. The van der Waals surface area contributed by atoms with Gasteiger partial charge in [-0.1, -0.05) is 187 Å². The number of ketones is 1. The monoisotopic (exact) mass is 1440 g/mol. The largest absolute Gasteiger partial charge is 0.477 e. The van der Waals surface area contributed by atoms with Gasteiger partial charge in [-0.15, -0.1) is 0 Å². The summed E-state index contributed by atoms with van der Waals surface area (Å²) in [5, 5.41) is 161. The van der Waals surface area contributed by atoms with Crippen LogP contribution in [-0.2, 0) is 57.1 Å². The number of hydrogen-bond acceptors (Lipinski definition) is 25. The first-order valence-corrected chi connectivity index (χ1v) is 37.8. The van der Waals surface area contributed by atoms with Crippen LogP contribution < -0.4 is 10.6 Å². The average Bonchev–Trinajstić information content (AvgIpc) is 0.750. The first-order valence-electron chi connectivity index (χ1n) is 37.8. The van der Waals surface area contributed by atoms with Crippen molar-refractivity contribution in [3.05, 3.63) is 12.2 Å². The number of amides is 2. The second kappa shape index (κ2) is 49.7. The average molecular weight is 1440 g/mol. The molecule has 0 aromatic carbocycles. The molecular weight excluding hydrogens is 1310 g/mol. The van der Waals surface area contributed by atoms with Gasteiger partial charge in [0.1, 0.15) is 85.1 Å². The first kappa shape index (κ1) is 89.4. The summed E-state index contributed by atoms with van der Waals surface area (Å²) in [7, 11) is 0. The Morgan fingerprint density at radius 1 is 0.540 bits per heavy atom. The number of aliphatic hydroxyl groups excluding tert-OH is 13. The number of unbranched alkanes of at least 4 members (excludes halogenated alkanes) is 27.